The highest BCUT2D eigenvalue weighted by Gasteiger charge is 2.13. The molecule has 0 heterocycles. The fourth-order valence-corrected chi connectivity index (χ4v) is 1.77. The van der Waals surface area contributed by atoms with Crippen LogP contribution in [0.3, 0.4) is 0 Å². The molecule has 21 heavy (non-hydrogen) atoms. The maximum absolute atomic E-state index is 12.1. The van der Waals surface area contributed by atoms with Crippen LogP contribution in [0, 0.1) is 0 Å². The minimum absolute atomic E-state index is 0.0783. The zero-order valence-electron chi connectivity index (χ0n) is 13.6. The molecule has 1 aromatic rings. The third kappa shape index (κ3) is 5.66. The summed E-state index contributed by atoms with van der Waals surface area (Å²) >= 11 is 0. The van der Waals surface area contributed by atoms with Gasteiger partial charge in [0.2, 0.25) is 0 Å². The molecule has 4 heteroatoms. The van der Waals surface area contributed by atoms with Crippen molar-refractivity contribution in [2.75, 3.05) is 13.2 Å². The lowest BCUT2D eigenvalue weighted by Crippen LogP contribution is -2.31. The van der Waals surface area contributed by atoms with Crippen molar-refractivity contribution in [1.29, 1.82) is 0 Å². The molecule has 1 N–H and O–H groups in total. The fraction of sp³-hybridized carbons (Fsp3) is 0.588. The van der Waals surface area contributed by atoms with Gasteiger partial charge in [-0.1, -0.05) is 20.3 Å². The lowest BCUT2D eigenvalue weighted by atomic mass is 10.1. The van der Waals surface area contributed by atoms with Gasteiger partial charge in [-0.25, -0.2) is 0 Å². The van der Waals surface area contributed by atoms with E-state index in [4.69, 9.17) is 9.47 Å². The van der Waals surface area contributed by atoms with Crippen molar-refractivity contribution in [3.05, 3.63) is 23.8 Å². The van der Waals surface area contributed by atoms with Gasteiger partial charge in [-0.15, -0.1) is 0 Å². The maximum Gasteiger partial charge on any atom is 0.251 e. The van der Waals surface area contributed by atoms with Gasteiger partial charge >= 0.3 is 0 Å². The van der Waals surface area contributed by atoms with Crippen LogP contribution in [0.15, 0.2) is 18.2 Å². The van der Waals surface area contributed by atoms with Crippen LogP contribution >= 0.6 is 0 Å². The van der Waals surface area contributed by atoms with E-state index in [0.717, 1.165) is 19.3 Å². The summed E-state index contributed by atoms with van der Waals surface area (Å²) in [5, 5.41) is 2.95. The Hall–Kier alpha value is -1.71. The molecule has 0 saturated heterocycles. The lowest BCUT2D eigenvalue weighted by molar-refractivity contribution is 0.0938. The Balaban J connectivity index is 2.83. The molecule has 0 aromatic heterocycles. The monoisotopic (exact) mass is 293 g/mol. The Morgan fingerprint density at radius 2 is 1.95 bits per heavy atom. The number of nitrogens with one attached hydrogen (secondary N) is 1. The van der Waals surface area contributed by atoms with E-state index in [2.05, 4.69) is 12.2 Å². The zero-order chi connectivity index (χ0) is 15.7. The van der Waals surface area contributed by atoms with Crippen LogP contribution in [0.1, 0.15) is 57.3 Å². The van der Waals surface area contributed by atoms with Crippen molar-refractivity contribution in [2.45, 2.75) is 53.0 Å². The van der Waals surface area contributed by atoms with Crippen molar-refractivity contribution >= 4 is 5.91 Å². The zero-order valence-corrected chi connectivity index (χ0v) is 13.6. The third-order valence-corrected chi connectivity index (χ3v) is 3.25. The molecule has 0 aliphatic heterocycles. The van der Waals surface area contributed by atoms with Crippen molar-refractivity contribution in [3.8, 4) is 11.5 Å². The minimum atomic E-state index is -0.0783. The molecule has 1 atom stereocenters. The third-order valence-electron chi connectivity index (χ3n) is 3.25. The Kier molecular flexibility index (Phi) is 7.65. The van der Waals surface area contributed by atoms with Crippen LogP contribution in [0.2, 0.25) is 0 Å². The molecule has 1 amide bonds. The van der Waals surface area contributed by atoms with Gasteiger partial charge in [-0.3, -0.25) is 4.79 Å². The molecule has 0 aliphatic rings. The average molecular weight is 293 g/mol. The Morgan fingerprint density at radius 1 is 1.19 bits per heavy atom. The number of ether oxygens (including phenoxy) is 2. The summed E-state index contributed by atoms with van der Waals surface area (Å²) in [5.74, 6) is 1.25. The summed E-state index contributed by atoms with van der Waals surface area (Å²) < 4.78 is 11.3. The Labute approximate surface area is 127 Å². The van der Waals surface area contributed by atoms with Gasteiger partial charge < -0.3 is 14.8 Å². The summed E-state index contributed by atoms with van der Waals surface area (Å²) in [7, 11) is 0. The molecule has 0 radical (unpaired) electrons. The molecule has 1 unspecified atom stereocenters. The normalized spacial score (nSPS) is 11.8. The lowest BCUT2D eigenvalue weighted by Gasteiger charge is -2.15. The summed E-state index contributed by atoms with van der Waals surface area (Å²) in [6, 6.07) is 5.50. The van der Waals surface area contributed by atoms with E-state index in [-0.39, 0.29) is 11.9 Å². The fourth-order valence-electron chi connectivity index (χ4n) is 1.77. The highest BCUT2D eigenvalue weighted by Crippen LogP contribution is 2.28. The predicted octanol–water partition coefficient (Wildman–Crippen LogP) is 3.79. The number of hydrogen-bond acceptors (Lipinski definition) is 3. The second-order valence-corrected chi connectivity index (χ2v) is 5.08. The van der Waals surface area contributed by atoms with E-state index in [1.54, 1.807) is 12.1 Å². The Bertz CT molecular complexity index is 446. The van der Waals surface area contributed by atoms with Crippen molar-refractivity contribution in [1.82, 2.24) is 5.32 Å². The van der Waals surface area contributed by atoms with Crippen LogP contribution < -0.4 is 14.8 Å². The van der Waals surface area contributed by atoms with Gasteiger partial charge in [0.25, 0.3) is 5.91 Å². The highest BCUT2D eigenvalue weighted by molar-refractivity contribution is 5.95. The molecule has 0 saturated carbocycles. The second kappa shape index (κ2) is 9.27. The maximum atomic E-state index is 12.1. The minimum Gasteiger partial charge on any atom is -0.490 e. The molecule has 0 bridgehead atoms. The van der Waals surface area contributed by atoms with Gasteiger partial charge in [0, 0.05) is 11.6 Å². The number of carbonyl (C=O) groups excluding carboxylic acids is 1. The molecule has 0 spiro atoms. The van der Waals surface area contributed by atoms with Gasteiger partial charge in [0.15, 0.2) is 11.5 Å². The van der Waals surface area contributed by atoms with Crippen LogP contribution in [-0.4, -0.2) is 25.2 Å². The highest BCUT2D eigenvalue weighted by atomic mass is 16.5. The molecule has 1 rings (SSSR count). The topological polar surface area (TPSA) is 47.6 Å². The summed E-state index contributed by atoms with van der Waals surface area (Å²) in [4.78, 5) is 12.1. The number of hydrogen-bond donors (Lipinski definition) is 1. The number of benzene rings is 1. The van der Waals surface area contributed by atoms with E-state index in [9.17, 15) is 4.79 Å². The van der Waals surface area contributed by atoms with Gasteiger partial charge in [0.1, 0.15) is 0 Å². The second-order valence-electron chi connectivity index (χ2n) is 5.08. The van der Waals surface area contributed by atoms with E-state index in [1.807, 2.05) is 26.8 Å². The molecule has 1 aromatic carbocycles. The largest absolute Gasteiger partial charge is 0.490 e. The first-order chi connectivity index (χ1) is 10.1. The molecule has 0 aliphatic carbocycles. The van der Waals surface area contributed by atoms with Gasteiger partial charge in [-0.05, 0) is 44.9 Å². The quantitative estimate of drug-likeness (QED) is 0.705. The van der Waals surface area contributed by atoms with Crippen molar-refractivity contribution < 1.29 is 14.3 Å². The predicted molar refractivity (Wildman–Crippen MR) is 85.2 cm³/mol. The molecule has 4 nitrogen and oxygen atoms in total. The number of amides is 1. The first-order valence-electron chi connectivity index (χ1n) is 7.82. The first kappa shape index (κ1) is 17.3. The van der Waals surface area contributed by atoms with Gasteiger partial charge in [-0.2, -0.15) is 0 Å². The van der Waals surface area contributed by atoms with Crippen LogP contribution in [0.4, 0.5) is 0 Å². The summed E-state index contributed by atoms with van der Waals surface area (Å²) in [6.45, 7) is 9.28. The van der Waals surface area contributed by atoms with Crippen LogP contribution in [0.25, 0.3) is 0 Å². The van der Waals surface area contributed by atoms with E-state index in [0.29, 0.717) is 30.3 Å². The summed E-state index contributed by atoms with van der Waals surface area (Å²) in [5.41, 5.74) is 0.599. The SMILES string of the molecule is CCCCOc1ccc(C(=O)NC(C)CC)cc1OCC. The smallest absolute Gasteiger partial charge is 0.251 e. The van der Waals surface area contributed by atoms with Crippen LogP contribution in [0.5, 0.6) is 11.5 Å². The molecule has 0 fully saturated rings. The number of carbonyl (C=O) groups is 1. The van der Waals surface area contributed by atoms with Crippen molar-refractivity contribution in [2.24, 2.45) is 0 Å². The molecular weight excluding hydrogens is 266 g/mol. The standard InChI is InChI=1S/C17H27NO3/c1-5-8-11-21-15-10-9-14(12-16(15)20-7-3)17(19)18-13(4)6-2/h9-10,12-13H,5-8,11H2,1-4H3,(H,18,19). The van der Waals surface area contributed by atoms with E-state index < -0.39 is 0 Å². The van der Waals surface area contributed by atoms with Crippen LogP contribution in [-0.2, 0) is 0 Å². The van der Waals surface area contributed by atoms with Gasteiger partial charge in [0.05, 0.1) is 13.2 Å². The summed E-state index contributed by atoms with van der Waals surface area (Å²) in [6.07, 6.45) is 2.99. The number of unbranched alkanes of at least 4 members (excludes halogenated alkanes) is 1. The van der Waals surface area contributed by atoms with Crippen molar-refractivity contribution in [3.63, 3.8) is 0 Å². The molecular formula is C17H27NO3. The molecule has 118 valence electrons. The number of rotatable bonds is 9. The Morgan fingerprint density at radius 3 is 2.57 bits per heavy atom. The van der Waals surface area contributed by atoms with E-state index >= 15 is 0 Å². The van der Waals surface area contributed by atoms with E-state index in [1.165, 1.54) is 0 Å². The average Bonchev–Trinajstić information content (AvgIpc) is 2.48. The first-order valence-corrected chi connectivity index (χ1v) is 7.82.